The summed E-state index contributed by atoms with van der Waals surface area (Å²) >= 11 is 5.98. The summed E-state index contributed by atoms with van der Waals surface area (Å²) in [6.07, 6.45) is -0.539. The number of anilines is 1. The van der Waals surface area contributed by atoms with Gasteiger partial charge in [0.25, 0.3) is 5.91 Å². The number of hydrogen-bond donors (Lipinski definition) is 1. The third-order valence-electron chi connectivity index (χ3n) is 5.37. The van der Waals surface area contributed by atoms with Crippen LogP contribution in [0, 0.1) is 0 Å². The molecule has 0 unspecified atom stereocenters. The van der Waals surface area contributed by atoms with E-state index in [0.717, 1.165) is 36.4 Å². The lowest BCUT2D eigenvalue weighted by atomic mass is 9.75. The average molecular weight is 399 g/mol. The molecule has 2 heterocycles. The quantitative estimate of drug-likeness (QED) is 0.849. The van der Waals surface area contributed by atoms with Gasteiger partial charge in [-0.05, 0) is 44.5 Å². The van der Waals surface area contributed by atoms with Gasteiger partial charge in [-0.15, -0.1) is 0 Å². The molecule has 27 heavy (non-hydrogen) atoms. The summed E-state index contributed by atoms with van der Waals surface area (Å²) in [6.45, 7) is 1.50. The van der Waals surface area contributed by atoms with Crippen LogP contribution >= 0.6 is 11.6 Å². The van der Waals surface area contributed by atoms with Crippen molar-refractivity contribution in [2.24, 2.45) is 0 Å². The number of aromatic nitrogens is 2. The second-order valence-electron chi connectivity index (χ2n) is 7.23. The first-order valence-corrected chi connectivity index (χ1v) is 9.01. The van der Waals surface area contributed by atoms with Gasteiger partial charge in [0.2, 0.25) is 0 Å². The van der Waals surface area contributed by atoms with Crippen molar-refractivity contribution in [3.63, 3.8) is 0 Å². The minimum absolute atomic E-state index is 0.141. The maximum Gasteiger partial charge on any atom is 0.416 e. The van der Waals surface area contributed by atoms with Crippen LogP contribution < -0.4 is 5.32 Å². The highest BCUT2D eigenvalue weighted by Gasteiger charge is 2.49. The first-order chi connectivity index (χ1) is 12.7. The molecule has 1 amide bonds. The highest BCUT2D eigenvalue weighted by molar-refractivity contribution is 6.33. The Bertz CT molecular complexity index is 904. The molecule has 9 heteroatoms. The Balaban J connectivity index is 1.61. The fourth-order valence-electron chi connectivity index (χ4n) is 3.76. The Morgan fingerprint density at radius 1 is 1.30 bits per heavy atom. The Morgan fingerprint density at radius 2 is 2.04 bits per heavy atom. The van der Waals surface area contributed by atoms with Gasteiger partial charge in [-0.2, -0.15) is 18.3 Å². The fraction of sp³-hybridized carbons (Fsp3) is 0.444. The lowest BCUT2D eigenvalue weighted by molar-refractivity contribution is -0.137. The Kier molecular flexibility index (Phi) is 4.23. The normalized spacial score (nSPS) is 18.9. The van der Waals surface area contributed by atoms with Crippen molar-refractivity contribution in [2.45, 2.75) is 44.1 Å². The van der Waals surface area contributed by atoms with Crippen LogP contribution in [0.5, 0.6) is 0 Å². The summed E-state index contributed by atoms with van der Waals surface area (Å²) in [7, 11) is 2.00. The van der Waals surface area contributed by atoms with Gasteiger partial charge in [-0.1, -0.05) is 11.6 Å². The Morgan fingerprint density at radius 3 is 2.63 bits per heavy atom. The summed E-state index contributed by atoms with van der Waals surface area (Å²) in [5, 5.41) is 7.01. The third kappa shape index (κ3) is 3.00. The number of nitrogens with zero attached hydrogens (tertiary/aromatic N) is 3. The standard InChI is InChI=1S/C18H18ClF3N4O/c1-25-9-11-8-23-26(15(11)10-25)17(5-2-6-17)16(27)24-14-4-3-12(7-13(14)19)18(20,21)22/h3-4,7-8H,2,5-6,9-10H2,1H3,(H,24,27). The fourth-order valence-corrected chi connectivity index (χ4v) is 3.99. The van der Waals surface area contributed by atoms with Crippen molar-refractivity contribution in [2.75, 3.05) is 12.4 Å². The number of benzene rings is 1. The first kappa shape index (κ1) is 18.3. The molecular formula is C18H18ClF3N4O. The molecule has 1 aliphatic carbocycles. The third-order valence-corrected chi connectivity index (χ3v) is 5.68. The van der Waals surface area contributed by atoms with Crippen molar-refractivity contribution in [3.8, 4) is 0 Å². The topological polar surface area (TPSA) is 50.2 Å². The van der Waals surface area contributed by atoms with E-state index >= 15 is 0 Å². The first-order valence-electron chi connectivity index (χ1n) is 8.64. The predicted octanol–water partition coefficient (Wildman–Crippen LogP) is 4.02. The van der Waals surface area contributed by atoms with E-state index in [9.17, 15) is 18.0 Å². The predicted molar refractivity (Wildman–Crippen MR) is 94.3 cm³/mol. The number of carbonyl (C=O) groups is 1. The minimum atomic E-state index is -4.48. The Labute approximate surface area is 159 Å². The second kappa shape index (κ2) is 6.24. The number of rotatable bonds is 3. The molecule has 2 aliphatic rings. The molecule has 0 atom stereocenters. The summed E-state index contributed by atoms with van der Waals surface area (Å²) in [6, 6.07) is 2.93. The van der Waals surface area contributed by atoms with Crippen LogP contribution in [0.25, 0.3) is 0 Å². The van der Waals surface area contributed by atoms with Crippen LogP contribution in [0.2, 0.25) is 5.02 Å². The van der Waals surface area contributed by atoms with E-state index in [-0.39, 0.29) is 16.6 Å². The van der Waals surface area contributed by atoms with E-state index in [1.54, 1.807) is 10.9 Å². The molecule has 1 N–H and O–H groups in total. The van der Waals surface area contributed by atoms with Crippen LogP contribution in [0.4, 0.5) is 18.9 Å². The van der Waals surface area contributed by atoms with Crippen LogP contribution in [0.15, 0.2) is 24.4 Å². The highest BCUT2D eigenvalue weighted by atomic mass is 35.5. The molecule has 2 aromatic rings. The zero-order valence-electron chi connectivity index (χ0n) is 14.6. The number of hydrogen-bond acceptors (Lipinski definition) is 3. The number of nitrogens with one attached hydrogen (secondary N) is 1. The van der Waals surface area contributed by atoms with Crippen LogP contribution in [-0.4, -0.2) is 27.6 Å². The van der Waals surface area contributed by atoms with Gasteiger partial charge in [0.1, 0.15) is 5.54 Å². The van der Waals surface area contributed by atoms with E-state index in [1.165, 1.54) is 6.07 Å². The van der Waals surface area contributed by atoms with Gasteiger partial charge < -0.3 is 5.32 Å². The van der Waals surface area contributed by atoms with Crippen LogP contribution in [0.3, 0.4) is 0 Å². The van der Waals surface area contributed by atoms with Gasteiger partial charge in [0.15, 0.2) is 0 Å². The van der Waals surface area contributed by atoms with Crippen molar-refractivity contribution in [1.82, 2.24) is 14.7 Å². The second-order valence-corrected chi connectivity index (χ2v) is 7.64. The van der Waals surface area contributed by atoms with Crippen molar-refractivity contribution in [3.05, 3.63) is 46.2 Å². The number of amides is 1. The molecule has 4 rings (SSSR count). The zero-order chi connectivity index (χ0) is 19.4. The van der Waals surface area contributed by atoms with E-state index in [1.807, 2.05) is 7.05 Å². The van der Waals surface area contributed by atoms with Gasteiger partial charge in [-0.3, -0.25) is 14.4 Å². The minimum Gasteiger partial charge on any atom is -0.323 e. The molecule has 5 nitrogen and oxygen atoms in total. The summed E-state index contributed by atoms with van der Waals surface area (Å²) in [5.41, 5.74) is 0.624. The van der Waals surface area contributed by atoms with Gasteiger partial charge in [0.05, 0.1) is 28.2 Å². The number of fused-ring (bicyclic) bond motifs is 1. The van der Waals surface area contributed by atoms with E-state index in [0.29, 0.717) is 19.4 Å². The molecule has 144 valence electrons. The largest absolute Gasteiger partial charge is 0.416 e. The summed E-state index contributed by atoms with van der Waals surface area (Å²) in [4.78, 5) is 15.2. The Hall–Kier alpha value is -2.06. The molecule has 0 saturated heterocycles. The maximum absolute atomic E-state index is 13.1. The molecule has 1 aromatic heterocycles. The number of halogens is 4. The summed E-state index contributed by atoms with van der Waals surface area (Å²) in [5.74, 6) is -0.295. The maximum atomic E-state index is 13.1. The SMILES string of the molecule is CN1Cc2cnn(C3(C(=O)Nc4ccc(C(F)(F)F)cc4Cl)CCC3)c2C1. The van der Waals surface area contributed by atoms with Gasteiger partial charge in [0, 0.05) is 18.7 Å². The van der Waals surface area contributed by atoms with Crippen LogP contribution in [-0.2, 0) is 29.6 Å². The van der Waals surface area contributed by atoms with Gasteiger partial charge in [-0.25, -0.2) is 0 Å². The average Bonchev–Trinajstić information content (AvgIpc) is 3.07. The molecule has 1 saturated carbocycles. The molecule has 1 aromatic carbocycles. The van der Waals surface area contributed by atoms with E-state index in [4.69, 9.17) is 11.6 Å². The van der Waals surface area contributed by atoms with Crippen molar-refractivity contribution >= 4 is 23.2 Å². The smallest absolute Gasteiger partial charge is 0.323 e. The molecule has 0 bridgehead atoms. The lowest BCUT2D eigenvalue weighted by Crippen LogP contribution is -2.52. The van der Waals surface area contributed by atoms with Crippen molar-refractivity contribution < 1.29 is 18.0 Å². The molecule has 0 spiro atoms. The number of carbonyl (C=O) groups excluding carboxylic acids is 1. The van der Waals surface area contributed by atoms with Crippen LogP contribution in [0.1, 0.15) is 36.1 Å². The molecule has 0 radical (unpaired) electrons. The molecular weight excluding hydrogens is 381 g/mol. The molecule has 1 fully saturated rings. The van der Waals surface area contributed by atoms with Crippen molar-refractivity contribution in [1.29, 1.82) is 0 Å². The highest BCUT2D eigenvalue weighted by Crippen LogP contribution is 2.43. The van der Waals surface area contributed by atoms with E-state index in [2.05, 4.69) is 15.3 Å². The molecule has 1 aliphatic heterocycles. The zero-order valence-corrected chi connectivity index (χ0v) is 15.4. The monoisotopic (exact) mass is 398 g/mol. The number of alkyl halides is 3. The van der Waals surface area contributed by atoms with E-state index < -0.39 is 17.3 Å². The summed E-state index contributed by atoms with van der Waals surface area (Å²) < 4.78 is 40.2. The lowest BCUT2D eigenvalue weighted by Gasteiger charge is -2.41. The van der Waals surface area contributed by atoms with Gasteiger partial charge >= 0.3 is 6.18 Å².